The standard InChI is InChI=1S/C32H34F2N6O4/c1-38(2)12-6-8-28(41)39-13-9-22(10-14-39)40-24-16-27(37-21-7-5-11-35-19-21)36-18-20(24)15-23(32(40)42)29-30(33)25(43-3)17-26(44-4)31(29)34/h5-8,11,15-19,22H,9-10,12-14H2,1-4H3,(H,36,37)/b8-6+. The Balaban J connectivity index is 1.61. The van der Waals surface area contributed by atoms with Crippen molar-refractivity contribution in [2.45, 2.75) is 18.9 Å². The van der Waals surface area contributed by atoms with E-state index in [1.165, 1.54) is 20.3 Å². The predicted molar refractivity (Wildman–Crippen MR) is 165 cm³/mol. The highest BCUT2D eigenvalue weighted by Crippen LogP contribution is 2.38. The van der Waals surface area contributed by atoms with Crippen LogP contribution in [0.4, 0.5) is 20.3 Å². The summed E-state index contributed by atoms with van der Waals surface area (Å²) in [5, 5.41) is 3.69. The number of nitrogens with one attached hydrogen (secondary N) is 1. The van der Waals surface area contributed by atoms with Gasteiger partial charge in [0.1, 0.15) is 5.82 Å². The largest absolute Gasteiger partial charge is 0.494 e. The molecule has 5 rings (SSSR count). The van der Waals surface area contributed by atoms with E-state index in [1.807, 2.05) is 31.1 Å². The number of methoxy groups -OCH3 is 2. The molecule has 3 aromatic heterocycles. The van der Waals surface area contributed by atoms with Crippen LogP contribution >= 0.6 is 0 Å². The number of carbonyl (C=O) groups is 1. The first-order chi connectivity index (χ1) is 21.2. The molecule has 0 saturated carbocycles. The van der Waals surface area contributed by atoms with Crippen molar-refractivity contribution in [2.24, 2.45) is 0 Å². The van der Waals surface area contributed by atoms with Crippen LogP contribution in [0.1, 0.15) is 18.9 Å². The van der Waals surface area contributed by atoms with E-state index >= 15 is 8.78 Å². The van der Waals surface area contributed by atoms with Gasteiger partial charge in [-0.3, -0.25) is 14.6 Å². The van der Waals surface area contributed by atoms with Gasteiger partial charge in [0, 0.05) is 61.7 Å². The topological polar surface area (TPSA) is 102 Å². The number of carbonyl (C=O) groups excluding carboxylic acids is 1. The number of pyridine rings is 3. The first kappa shape index (κ1) is 30.6. The zero-order valence-corrected chi connectivity index (χ0v) is 25.0. The Morgan fingerprint density at radius 3 is 2.41 bits per heavy atom. The fourth-order valence-electron chi connectivity index (χ4n) is 5.36. The van der Waals surface area contributed by atoms with Crippen molar-refractivity contribution in [3.8, 4) is 22.6 Å². The van der Waals surface area contributed by atoms with Crippen molar-refractivity contribution in [3.05, 3.63) is 83.1 Å². The van der Waals surface area contributed by atoms with Gasteiger partial charge in [0.15, 0.2) is 23.1 Å². The van der Waals surface area contributed by atoms with Crippen LogP contribution in [0.25, 0.3) is 22.0 Å². The van der Waals surface area contributed by atoms with Crippen LogP contribution < -0.4 is 20.3 Å². The number of nitrogens with zero attached hydrogens (tertiary/aromatic N) is 5. The van der Waals surface area contributed by atoms with Crippen molar-refractivity contribution in [3.63, 3.8) is 0 Å². The number of fused-ring (bicyclic) bond motifs is 1. The number of hydrogen-bond acceptors (Lipinski definition) is 8. The van der Waals surface area contributed by atoms with Crippen LogP contribution in [-0.4, -0.2) is 78.2 Å². The number of rotatable bonds is 9. The second-order valence-corrected chi connectivity index (χ2v) is 10.7. The summed E-state index contributed by atoms with van der Waals surface area (Å²) in [6, 6.07) is 7.52. The van der Waals surface area contributed by atoms with Crippen molar-refractivity contribution in [1.82, 2.24) is 24.3 Å². The molecule has 1 aromatic carbocycles. The van der Waals surface area contributed by atoms with Crippen LogP contribution in [0, 0.1) is 11.6 Å². The lowest BCUT2D eigenvalue weighted by molar-refractivity contribution is -0.127. The highest BCUT2D eigenvalue weighted by Gasteiger charge is 2.29. The van der Waals surface area contributed by atoms with E-state index in [4.69, 9.17) is 9.47 Å². The van der Waals surface area contributed by atoms with Crippen LogP contribution in [-0.2, 0) is 4.79 Å². The molecule has 44 heavy (non-hydrogen) atoms. The third-order valence-electron chi connectivity index (χ3n) is 7.57. The number of ether oxygens (including phenoxy) is 2. The number of hydrogen-bond donors (Lipinski definition) is 1. The van der Waals surface area contributed by atoms with Gasteiger partial charge in [-0.1, -0.05) is 6.08 Å². The number of aromatic nitrogens is 3. The number of piperidine rings is 1. The second kappa shape index (κ2) is 13.2. The summed E-state index contributed by atoms with van der Waals surface area (Å²) in [7, 11) is 6.35. The number of benzene rings is 1. The fourth-order valence-corrected chi connectivity index (χ4v) is 5.36. The second-order valence-electron chi connectivity index (χ2n) is 10.7. The molecule has 1 saturated heterocycles. The van der Waals surface area contributed by atoms with E-state index in [1.54, 1.807) is 46.3 Å². The molecule has 0 radical (unpaired) electrons. The molecule has 1 fully saturated rings. The van der Waals surface area contributed by atoms with Crippen molar-refractivity contribution < 1.29 is 23.0 Å². The smallest absolute Gasteiger partial charge is 0.259 e. The predicted octanol–water partition coefficient (Wildman–Crippen LogP) is 4.78. The van der Waals surface area contributed by atoms with Crippen LogP contribution in [0.15, 0.2) is 65.9 Å². The zero-order valence-electron chi connectivity index (χ0n) is 25.0. The summed E-state index contributed by atoms with van der Waals surface area (Å²) in [6.07, 6.45) is 9.15. The summed E-state index contributed by atoms with van der Waals surface area (Å²) < 4.78 is 43.1. The van der Waals surface area contributed by atoms with Crippen LogP contribution in [0.3, 0.4) is 0 Å². The fraction of sp³-hybridized carbons (Fsp3) is 0.312. The first-order valence-corrected chi connectivity index (χ1v) is 14.1. The zero-order chi connectivity index (χ0) is 31.4. The highest BCUT2D eigenvalue weighted by atomic mass is 19.1. The molecular weight excluding hydrogens is 570 g/mol. The van der Waals surface area contributed by atoms with E-state index in [0.29, 0.717) is 54.9 Å². The summed E-state index contributed by atoms with van der Waals surface area (Å²) in [4.78, 5) is 39.3. The lowest BCUT2D eigenvalue weighted by Gasteiger charge is -2.33. The first-order valence-electron chi connectivity index (χ1n) is 14.1. The van der Waals surface area contributed by atoms with Crippen molar-refractivity contribution in [2.75, 3.05) is 53.3 Å². The molecule has 12 heteroatoms. The molecule has 4 aromatic rings. The van der Waals surface area contributed by atoms with Gasteiger partial charge in [0.05, 0.1) is 42.7 Å². The minimum absolute atomic E-state index is 0.101. The average Bonchev–Trinajstić information content (AvgIpc) is 3.02. The van der Waals surface area contributed by atoms with Gasteiger partial charge in [-0.2, -0.15) is 0 Å². The minimum Gasteiger partial charge on any atom is -0.494 e. The van der Waals surface area contributed by atoms with Gasteiger partial charge in [0.2, 0.25) is 5.91 Å². The number of halogens is 2. The Morgan fingerprint density at radius 1 is 1.09 bits per heavy atom. The lowest BCUT2D eigenvalue weighted by Crippen LogP contribution is -2.40. The maximum atomic E-state index is 15.6. The molecule has 1 aliphatic heterocycles. The molecule has 0 bridgehead atoms. The average molecular weight is 605 g/mol. The van der Waals surface area contributed by atoms with Gasteiger partial charge >= 0.3 is 0 Å². The van der Waals surface area contributed by atoms with E-state index in [-0.39, 0.29) is 29.0 Å². The number of amides is 1. The summed E-state index contributed by atoms with van der Waals surface area (Å²) in [5.74, 6) is -2.18. The Morgan fingerprint density at radius 2 is 1.80 bits per heavy atom. The maximum Gasteiger partial charge on any atom is 0.259 e. The molecule has 0 atom stereocenters. The minimum atomic E-state index is -1.01. The highest BCUT2D eigenvalue weighted by molar-refractivity contribution is 5.88. The molecule has 0 aliphatic carbocycles. The van der Waals surface area contributed by atoms with Gasteiger partial charge < -0.3 is 29.2 Å². The Kier molecular flexibility index (Phi) is 9.19. The monoisotopic (exact) mass is 604 g/mol. The third kappa shape index (κ3) is 6.25. The van der Waals surface area contributed by atoms with E-state index < -0.39 is 22.8 Å². The van der Waals surface area contributed by atoms with E-state index in [2.05, 4.69) is 15.3 Å². The summed E-state index contributed by atoms with van der Waals surface area (Å²) >= 11 is 0. The van der Waals surface area contributed by atoms with Gasteiger partial charge in [-0.15, -0.1) is 0 Å². The molecule has 1 N–H and O–H groups in total. The lowest BCUT2D eigenvalue weighted by atomic mass is 9.99. The van der Waals surface area contributed by atoms with Crippen LogP contribution in [0.5, 0.6) is 11.5 Å². The molecule has 1 amide bonds. The molecule has 230 valence electrons. The quantitative estimate of drug-likeness (QED) is 0.273. The molecule has 10 nitrogen and oxygen atoms in total. The Labute approximate surface area is 253 Å². The third-order valence-corrected chi connectivity index (χ3v) is 7.57. The van der Waals surface area contributed by atoms with Gasteiger partial charge in [-0.05, 0) is 45.1 Å². The Bertz CT molecular complexity index is 1720. The normalized spacial score (nSPS) is 14.0. The molecule has 0 spiro atoms. The van der Waals surface area contributed by atoms with E-state index in [9.17, 15) is 9.59 Å². The number of likely N-dealkylation sites (N-methyl/N-ethyl adjacent to an activating group) is 1. The number of anilines is 2. The summed E-state index contributed by atoms with van der Waals surface area (Å²) in [5.41, 5.74) is -0.0828. The van der Waals surface area contributed by atoms with Crippen LogP contribution in [0.2, 0.25) is 0 Å². The Hall–Kier alpha value is -4.84. The molecule has 1 aliphatic rings. The van der Waals surface area contributed by atoms with Gasteiger partial charge in [0.25, 0.3) is 5.56 Å². The van der Waals surface area contributed by atoms with Crippen molar-refractivity contribution >= 4 is 28.3 Å². The van der Waals surface area contributed by atoms with E-state index in [0.717, 1.165) is 6.07 Å². The van der Waals surface area contributed by atoms with Crippen molar-refractivity contribution in [1.29, 1.82) is 0 Å². The molecule has 4 heterocycles. The summed E-state index contributed by atoms with van der Waals surface area (Å²) in [6.45, 7) is 1.47. The number of likely N-dealkylation sites (tertiary alicyclic amines) is 1. The maximum absolute atomic E-state index is 15.6. The molecular formula is C32H34F2N6O4. The molecule has 0 unspecified atom stereocenters. The van der Waals surface area contributed by atoms with Gasteiger partial charge in [-0.25, -0.2) is 13.8 Å². The SMILES string of the molecule is COc1cc(OC)c(F)c(-c2cc3cnc(Nc4cccnc4)cc3n(C3CCN(C(=O)/C=C/CN(C)C)CC3)c2=O)c1F.